The lowest BCUT2D eigenvalue weighted by Gasteiger charge is -2.11. The van der Waals surface area contributed by atoms with Crippen LogP contribution in [-0.2, 0) is 26.0 Å². The molecule has 1 aromatic rings. The number of carboxylic acid groups (broad SMARTS) is 1. The Morgan fingerprint density at radius 3 is 2.23 bits per heavy atom. The summed E-state index contributed by atoms with van der Waals surface area (Å²) in [6, 6.07) is 5.72. The minimum atomic E-state index is -5.08. The van der Waals surface area contributed by atoms with Crippen molar-refractivity contribution < 1.29 is 36.3 Å². The molecule has 0 aromatic heterocycles. The molecule has 0 aliphatic rings. The maximum Gasteiger partial charge on any atom is 0.490 e. The van der Waals surface area contributed by atoms with Crippen molar-refractivity contribution in [3.8, 4) is 0 Å². The van der Waals surface area contributed by atoms with Crippen LogP contribution in [0.3, 0.4) is 0 Å². The average Bonchev–Trinajstić information content (AvgIpc) is 2.45. The van der Waals surface area contributed by atoms with Crippen LogP contribution in [0.15, 0.2) is 24.3 Å². The second-order valence-corrected chi connectivity index (χ2v) is 6.71. The van der Waals surface area contributed by atoms with Crippen molar-refractivity contribution in [3.63, 3.8) is 0 Å². The summed E-state index contributed by atoms with van der Waals surface area (Å²) in [6.07, 6.45) is -4.05. The van der Waals surface area contributed by atoms with Crippen LogP contribution in [0.1, 0.15) is 11.1 Å². The molecule has 0 aliphatic heterocycles. The van der Waals surface area contributed by atoms with Gasteiger partial charge < -0.3 is 16.6 Å². The van der Waals surface area contributed by atoms with E-state index in [1.807, 2.05) is 4.72 Å². The maximum atomic E-state index is 11.5. The first-order chi connectivity index (χ1) is 11.6. The van der Waals surface area contributed by atoms with Crippen molar-refractivity contribution in [2.45, 2.75) is 18.6 Å². The number of amides is 1. The zero-order chi connectivity index (χ0) is 20.7. The van der Waals surface area contributed by atoms with E-state index < -0.39 is 34.1 Å². The van der Waals surface area contributed by atoms with Crippen LogP contribution in [0, 0.1) is 5.41 Å². The Morgan fingerprint density at radius 2 is 1.85 bits per heavy atom. The Bertz CT molecular complexity index is 780. The number of carboxylic acids is 1. The second kappa shape index (κ2) is 9.15. The number of halogens is 3. The Balaban J connectivity index is 0.000000758. The molecule has 0 saturated heterocycles. The summed E-state index contributed by atoms with van der Waals surface area (Å²) in [4.78, 5) is 20.4. The lowest BCUT2D eigenvalue weighted by atomic mass is 10.0. The lowest BCUT2D eigenvalue weighted by molar-refractivity contribution is -0.192. The van der Waals surface area contributed by atoms with Crippen LogP contribution in [-0.4, -0.2) is 49.7 Å². The van der Waals surface area contributed by atoms with E-state index in [-0.39, 0.29) is 12.3 Å². The first kappa shape index (κ1) is 23.3. The molecule has 0 radical (unpaired) electrons. The molecular formula is C13H17F3N4O5S. The summed E-state index contributed by atoms with van der Waals surface area (Å²) in [7, 11) is -3.62. The van der Waals surface area contributed by atoms with Gasteiger partial charge in [-0.05, 0) is 18.1 Å². The van der Waals surface area contributed by atoms with Gasteiger partial charge in [-0.3, -0.25) is 14.9 Å². The third kappa shape index (κ3) is 9.58. The van der Waals surface area contributed by atoms with E-state index in [0.29, 0.717) is 11.1 Å². The molecule has 146 valence electrons. The van der Waals surface area contributed by atoms with Gasteiger partial charge in [-0.25, -0.2) is 13.2 Å². The van der Waals surface area contributed by atoms with Crippen molar-refractivity contribution >= 4 is 27.7 Å². The highest BCUT2D eigenvalue weighted by molar-refractivity contribution is 7.89. The van der Waals surface area contributed by atoms with Gasteiger partial charge in [-0.15, -0.1) is 0 Å². The van der Waals surface area contributed by atoms with Crippen LogP contribution in [0.5, 0.6) is 0 Å². The van der Waals surface area contributed by atoms with Gasteiger partial charge >= 0.3 is 12.1 Å². The predicted molar refractivity (Wildman–Crippen MR) is 85.8 cm³/mol. The number of alkyl halides is 3. The number of amidine groups is 1. The Hall–Kier alpha value is -2.67. The number of nitrogen functional groups attached to an aromatic ring is 1. The SMILES string of the molecule is CS(=O)(=O)NC(=O)[C@@H](N)Cc1cccc(C(=N)N)c1.O=C(O)C(F)(F)F. The number of hydrogen-bond donors (Lipinski definition) is 5. The fourth-order valence-corrected chi connectivity index (χ4v) is 1.99. The molecule has 0 fully saturated rings. The fraction of sp³-hybridized carbons (Fsp3) is 0.308. The molecule has 1 aromatic carbocycles. The van der Waals surface area contributed by atoms with Gasteiger partial charge in [0.05, 0.1) is 12.3 Å². The number of rotatable bonds is 5. The van der Waals surface area contributed by atoms with Crippen molar-refractivity contribution in [2.75, 3.05) is 6.26 Å². The molecule has 0 heterocycles. The van der Waals surface area contributed by atoms with Crippen LogP contribution in [0.25, 0.3) is 0 Å². The van der Waals surface area contributed by atoms with E-state index in [2.05, 4.69) is 0 Å². The molecule has 0 saturated carbocycles. The van der Waals surface area contributed by atoms with E-state index >= 15 is 0 Å². The van der Waals surface area contributed by atoms with Crippen LogP contribution in [0.4, 0.5) is 13.2 Å². The van der Waals surface area contributed by atoms with Crippen molar-refractivity contribution in [3.05, 3.63) is 35.4 Å². The number of carbonyl (C=O) groups is 2. The molecule has 0 aliphatic carbocycles. The number of benzene rings is 1. The summed E-state index contributed by atoms with van der Waals surface area (Å²) in [5, 5.41) is 14.4. The highest BCUT2D eigenvalue weighted by Crippen LogP contribution is 2.13. The van der Waals surface area contributed by atoms with Crippen LogP contribution < -0.4 is 16.2 Å². The van der Waals surface area contributed by atoms with Crippen molar-refractivity contribution in [2.24, 2.45) is 11.5 Å². The van der Waals surface area contributed by atoms with E-state index in [4.69, 9.17) is 26.8 Å². The Morgan fingerprint density at radius 1 is 1.35 bits per heavy atom. The van der Waals surface area contributed by atoms with Crippen molar-refractivity contribution in [1.82, 2.24) is 4.72 Å². The second-order valence-electron chi connectivity index (χ2n) is 4.97. The average molecular weight is 398 g/mol. The Labute approximate surface area is 146 Å². The maximum absolute atomic E-state index is 11.5. The lowest BCUT2D eigenvalue weighted by Crippen LogP contribution is -2.44. The van der Waals surface area contributed by atoms with Gasteiger partial charge in [0.25, 0.3) is 5.91 Å². The molecule has 7 N–H and O–H groups in total. The molecule has 0 spiro atoms. The fourth-order valence-electron chi connectivity index (χ4n) is 1.47. The number of nitrogens with two attached hydrogens (primary N) is 2. The summed E-state index contributed by atoms with van der Waals surface area (Å²) < 4.78 is 55.4. The van der Waals surface area contributed by atoms with E-state index in [1.165, 1.54) is 0 Å². The van der Waals surface area contributed by atoms with E-state index in [1.54, 1.807) is 24.3 Å². The largest absolute Gasteiger partial charge is 0.490 e. The van der Waals surface area contributed by atoms with Gasteiger partial charge in [0.15, 0.2) is 0 Å². The first-order valence-electron chi connectivity index (χ1n) is 6.64. The van der Waals surface area contributed by atoms with E-state index in [0.717, 1.165) is 6.26 Å². The zero-order valence-electron chi connectivity index (χ0n) is 13.4. The highest BCUT2D eigenvalue weighted by atomic mass is 32.2. The molecule has 0 bridgehead atoms. The topological polar surface area (TPSA) is 176 Å². The van der Waals surface area contributed by atoms with Gasteiger partial charge in [-0.2, -0.15) is 13.2 Å². The molecule has 1 atom stereocenters. The zero-order valence-corrected chi connectivity index (χ0v) is 14.2. The first-order valence-corrected chi connectivity index (χ1v) is 8.53. The Kier molecular flexibility index (Phi) is 8.21. The standard InChI is InChI=1S/C11H16N4O3S.C2HF3O2/c1-19(17,18)15-11(16)9(12)6-7-3-2-4-8(5-7)10(13)14;3-2(4,5)1(6)7/h2-5,9H,6,12H2,1H3,(H3,13,14)(H,15,16);(H,6,7)/t9-;/m0./s1. The molecule has 13 heteroatoms. The predicted octanol–water partition coefficient (Wildman–Crippen LogP) is -0.450. The van der Waals surface area contributed by atoms with Crippen LogP contribution >= 0.6 is 0 Å². The molecule has 0 unspecified atom stereocenters. The van der Waals surface area contributed by atoms with E-state index in [9.17, 15) is 26.4 Å². The third-order valence-electron chi connectivity index (χ3n) is 2.56. The monoisotopic (exact) mass is 398 g/mol. The number of nitrogens with one attached hydrogen (secondary N) is 2. The van der Waals surface area contributed by atoms with Crippen LogP contribution in [0.2, 0.25) is 0 Å². The number of sulfonamides is 1. The van der Waals surface area contributed by atoms with Gasteiger partial charge in [0.1, 0.15) is 5.84 Å². The van der Waals surface area contributed by atoms with Crippen molar-refractivity contribution in [1.29, 1.82) is 5.41 Å². The third-order valence-corrected chi connectivity index (χ3v) is 3.13. The number of hydrogen-bond acceptors (Lipinski definition) is 6. The van der Waals surface area contributed by atoms with Gasteiger partial charge in [0.2, 0.25) is 10.0 Å². The normalized spacial score (nSPS) is 12.3. The molecule has 1 amide bonds. The minimum Gasteiger partial charge on any atom is -0.475 e. The van der Waals surface area contributed by atoms with Gasteiger partial charge in [0, 0.05) is 5.56 Å². The number of aliphatic carboxylic acids is 1. The number of carbonyl (C=O) groups excluding carboxylic acids is 1. The molecule has 1 rings (SSSR count). The molecular weight excluding hydrogens is 381 g/mol. The minimum absolute atomic E-state index is 0.0870. The van der Waals surface area contributed by atoms with Gasteiger partial charge in [-0.1, -0.05) is 18.2 Å². The summed E-state index contributed by atoms with van der Waals surface area (Å²) >= 11 is 0. The smallest absolute Gasteiger partial charge is 0.475 e. The summed E-state index contributed by atoms with van der Waals surface area (Å²) in [6.45, 7) is 0. The molecule has 9 nitrogen and oxygen atoms in total. The summed E-state index contributed by atoms with van der Waals surface area (Å²) in [5.74, 6) is -3.61. The highest BCUT2D eigenvalue weighted by Gasteiger charge is 2.38. The molecule has 26 heavy (non-hydrogen) atoms. The quantitative estimate of drug-likeness (QED) is 0.329. The summed E-state index contributed by atoms with van der Waals surface area (Å²) in [5.41, 5.74) is 12.2.